The van der Waals surface area contributed by atoms with Crippen molar-refractivity contribution in [3.8, 4) is 0 Å². The summed E-state index contributed by atoms with van der Waals surface area (Å²) >= 11 is 0. The van der Waals surface area contributed by atoms with Gasteiger partial charge in [-0.1, -0.05) is 162 Å². The predicted molar refractivity (Wildman–Crippen MR) is 151 cm³/mol. The largest absolute Gasteiger partial charge is 0.463 e. The molecule has 0 aliphatic heterocycles. The number of hydrogen-bond donors (Lipinski definition) is 0. The smallest absolute Gasteiger partial charge is 0.302 e. The topological polar surface area (TPSA) is 26.3 Å². The molecule has 0 aliphatic rings. The molecule has 0 aromatic carbocycles. The molecule has 0 heterocycles. The summed E-state index contributed by atoms with van der Waals surface area (Å²) in [4.78, 5) is 11.2. The molecule has 0 rings (SSSR count). The van der Waals surface area contributed by atoms with Gasteiger partial charge >= 0.3 is 5.97 Å². The summed E-state index contributed by atoms with van der Waals surface area (Å²) in [6, 6.07) is 0. The lowest BCUT2D eigenvalue weighted by Crippen LogP contribution is -2.16. The zero-order chi connectivity index (χ0) is 25.1. The summed E-state index contributed by atoms with van der Waals surface area (Å²) in [5, 5.41) is 0. The van der Waals surface area contributed by atoms with Gasteiger partial charge in [0.05, 0.1) is 0 Å². The molecule has 0 N–H and O–H groups in total. The minimum Gasteiger partial charge on any atom is -0.463 e. The van der Waals surface area contributed by atoms with E-state index >= 15 is 0 Å². The maximum Gasteiger partial charge on any atom is 0.302 e. The molecule has 2 atom stereocenters. The molecule has 0 fully saturated rings. The SMILES string of the molecule is CCCCCCCCCCC(C)CCCCCCCCCCCCCC(CCCC)OC(C)=O. The highest BCUT2D eigenvalue weighted by Crippen LogP contribution is 2.19. The van der Waals surface area contributed by atoms with E-state index in [1.807, 2.05) is 0 Å². The van der Waals surface area contributed by atoms with Crippen LogP contribution in [0.1, 0.15) is 188 Å². The first kappa shape index (κ1) is 33.5. The molecular formula is C32H64O2. The van der Waals surface area contributed by atoms with Gasteiger partial charge in [0.1, 0.15) is 6.10 Å². The number of hydrogen-bond acceptors (Lipinski definition) is 2. The second-order valence-electron chi connectivity index (χ2n) is 11.2. The van der Waals surface area contributed by atoms with Gasteiger partial charge < -0.3 is 4.74 Å². The number of unbranched alkanes of at least 4 members (excludes halogenated alkanes) is 18. The Hall–Kier alpha value is -0.530. The number of carbonyl (C=O) groups excluding carboxylic acids is 1. The van der Waals surface area contributed by atoms with E-state index in [4.69, 9.17) is 4.74 Å². The van der Waals surface area contributed by atoms with E-state index in [1.165, 1.54) is 148 Å². The van der Waals surface area contributed by atoms with Crippen molar-refractivity contribution in [2.75, 3.05) is 0 Å². The Bertz CT molecular complexity index is 406. The molecule has 0 aromatic heterocycles. The standard InChI is InChI=1S/C32H64O2/c1-5-7-9-10-11-17-20-23-26-30(3)27-24-21-18-15-13-12-14-16-19-22-25-29-32(28-8-6-2)34-31(4)33/h30,32H,5-29H2,1-4H3. The fraction of sp³-hybridized carbons (Fsp3) is 0.969. The molecule has 204 valence electrons. The highest BCUT2D eigenvalue weighted by Gasteiger charge is 2.11. The molecule has 2 nitrogen and oxygen atoms in total. The van der Waals surface area contributed by atoms with Crippen LogP contribution < -0.4 is 0 Å². The second kappa shape index (κ2) is 27.1. The van der Waals surface area contributed by atoms with Crippen molar-refractivity contribution in [1.82, 2.24) is 0 Å². The molecule has 0 saturated carbocycles. The number of carbonyl (C=O) groups is 1. The minimum atomic E-state index is -0.116. The average molecular weight is 481 g/mol. The van der Waals surface area contributed by atoms with E-state index in [0.29, 0.717) is 0 Å². The molecule has 0 aliphatic carbocycles. The van der Waals surface area contributed by atoms with Crippen LogP contribution in [0.4, 0.5) is 0 Å². The van der Waals surface area contributed by atoms with Crippen LogP contribution in [0.3, 0.4) is 0 Å². The zero-order valence-corrected chi connectivity index (χ0v) is 24.1. The fourth-order valence-electron chi connectivity index (χ4n) is 5.16. The molecule has 0 spiro atoms. The van der Waals surface area contributed by atoms with Crippen molar-refractivity contribution in [2.24, 2.45) is 5.92 Å². The Balaban J connectivity index is 3.33. The Morgan fingerprint density at radius 1 is 0.500 bits per heavy atom. The molecule has 0 aromatic rings. The Morgan fingerprint density at radius 3 is 1.21 bits per heavy atom. The van der Waals surface area contributed by atoms with Crippen LogP contribution in [0.2, 0.25) is 0 Å². The molecule has 0 bridgehead atoms. The third-order valence-corrected chi connectivity index (χ3v) is 7.49. The van der Waals surface area contributed by atoms with Crippen molar-refractivity contribution < 1.29 is 9.53 Å². The minimum absolute atomic E-state index is 0.116. The third-order valence-electron chi connectivity index (χ3n) is 7.49. The van der Waals surface area contributed by atoms with Crippen molar-refractivity contribution in [1.29, 1.82) is 0 Å². The summed E-state index contributed by atoms with van der Waals surface area (Å²) < 4.78 is 5.47. The van der Waals surface area contributed by atoms with Crippen molar-refractivity contribution in [2.45, 2.75) is 194 Å². The maximum absolute atomic E-state index is 11.2. The fourth-order valence-corrected chi connectivity index (χ4v) is 5.16. The molecule has 34 heavy (non-hydrogen) atoms. The summed E-state index contributed by atoms with van der Waals surface area (Å²) in [5.41, 5.74) is 0. The zero-order valence-electron chi connectivity index (χ0n) is 24.1. The molecular weight excluding hydrogens is 416 g/mol. The lowest BCUT2D eigenvalue weighted by atomic mass is 9.95. The van der Waals surface area contributed by atoms with Crippen molar-refractivity contribution >= 4 is 5.97 Å². The Kier molecular flexibility index (Phi) is 26.6. The van der Waals surface area contributed by atoms with E-state index in [0.717, 1.165) is 25.2 Å². The van der Waals surface area contributed by atoms with Gasteiger partial charge in [-0.15, -0.1) is 0 Å². The number of rotatable bonds is 27. The first-order valence-corrected chi connectivity index (χ1v) is 15.8. The third kappa shape index (κ3) is 26.1. The summed E-state index contributed by atoms with van der Waals surface area (Å²) in [5.74, 6) is 0.824. The van der Waals surface area contributed by atoms with Crippen LogP contribution in [0, 0.1) is 5.92 Å². The van der Waals surface area contributed by atoms with Crippen LogP contribution in [0.5, 0.6) is 0 Å². The molecule has 0 radical (unpaired) electrons. The first-order chi connectivity index (χ1) is 16.6. The van der Waals surface area contributed by atoms with Crippen molar-refractivity contribution in [3.63, 3.8) is 0 Å². The van der Waals surface area contributed by atoms with Gasteiger partial charge in [0.15, 0.2) is 0 Å². The van der Waals surface area contributed by atoms with Gasteiger partial charge in [0.2, 0.25) is 0 Å². The van der Waals surface area contributed by atoms with Crippen LogP contribution in [-0.4, -0.2) is 12.1 Å². The molecule has 0 amide bonds. The van der Waals surface area contributed by atoms with Crippen LogP contribution >= 0.6 is 0 Å². The highest BCUT2D eigenvalue weighted by atomic mass is 16.5. The molecule has 2 unspecified atom stereocenters. The number of esters is 1. The van der Waals surface area contributed by atoms with E-state index in [9.17, 15) is 4.79 Å². The summed E-state index contributed by atoms with van der Waals surface area (Å²) in [7, 11) is 0. The Morgan fingerprint density at radius 2 is 0.824 bits per heavy atom. The Labute approximate surface area is 215 Å². The van der Waals surface area contributed by atoms with E-state index in [2.05, 4.69) is 20.8 Å². The van der Waals surface area contributed by atoms with Crippen LogP contribution in [0.25, 0.3) is 0 Å². The lowest BCUT2D eigenvalue weighted by Gasteiger charge is -2.16. The van der Waals surface area contributed by atoms with Crippen LogP contribution in [-0.2, 0) is 9.53 Å². The second-order valence-corrected chi connectivity index (χ2v) is 11.2. The molecule has 2 heteroatoms. The monoisotopic (exact) mass is 480 g/mol. The van der Waals surface area contributed by atoms with E-state index in [1.54, 1.807) is 0 Å². The highest BCUT2D eigenvalue weighted by molar-refractivity contribution is 5.66. The van der Waals surface area contributed by atoms with Crippen molar-refractivity contribution in [3.05, 3.63) is 0 Å². The summed E-state index contributed by atoms with van der Waals surface area (Å²) in [6.07, 6.45) is 34.3. The maximum atomic E-state index is 11.2. The quantitative estimate of drug-likeness (QED) is 0.0862. The van der Waals surface area contributed by atoms with E-state index < -0.39 is 0 Å². The first-order valence-electron chi connectivity index (χ1n) is 15.8. The predicted octanol–water partition coefficient (Wildman–Crippen LogP) is 11.3. The summed E-state index contributed by atoms with van der Waals surface area (Å²) in [6.45, 7) is 8.51. The van der Waals surface area contributed by atoms with Gasteiger partial charge in [-0.05, 0) is 25.2 Å². The van der Waals surface area contributed by atoms with Gasteiger partial charge in [0, 0.05) is 6.92 Å². The number of ether oxygens (including phenoxy) is 1. The van der Waals surface area contributed by atoms with Gasteiger partial charge in [-0.2, -0.15) is 0 Å². The lowest BCUT2D eigenvalue weighted by molar-refractivity contribution is -0.147. The van der Waals surface area contributed by atoms with Gasteiger partial charge in [-0.3, -0.25) is 4.79 Å². The van der Waals surface area contributed by atoms with Crippen LogP contribution in [0.15, 0.2) is 0 Å². The normalized spacial score (nSPS) is 13.2. The van der Waals surface area contributed by atoms with Gasteiger partial charge in [0.25, 0.3) is 0 Å². The average Bonchev–Trinajstić information content (AvgIpc) is 2.81. The molecule has 0 saturated heterocycles. The van der Waals surface area contributed by atoms with Gasteiger partial charge in [-0.25, -0.2) is 0 Å². The van der Waals surface area contributed by atoms with E-state index in [-0.39, 0.29) is 12.1 Å².